The predicted octanol–water partition coefficient (Wildman–Crippen LogP) is 3.00. The molecule has 8 N–H and O–H groups in total. The number of phenols is 6. The number of rotatable bonds is 8. The van der Waals surface area contributed by atoms with E-state index in [9.17, 15) is 30.0 Å². The summed E-state index contributed by atoms with van der Waals surface area (Å²) in [6.45, 7) is 0.421. The van der Waals surface area contributed by atoms with Gasteiger partial charge < -0.3 is 41.1 Å². The van der Waals surface area contributed by atoms with Crippen LogP contribution in [-0.2, 0) is 22.4 Å². The molecule has 0 spiro atoms. The van der Waals surface area contributed by atoms with Crippen molar-refractivity contribution in [2.75, 3.05) is 6.54 Å². The average molecular weight is 498 g/mol. The Bertz CT molecular complexity index is 1240. The minimum atomic E-state index is -1.06. The zero-order valence-corrected chi connectivity index (χ0v) is 19.1. The van der Waals surface area contributed by atoms with Crippen LogP contribution in [0.2, 0.25) is 0 Å². The van der Waals surface area contributed by atoms with E-state index in [0.717, 1.165) is 17.2 Å². The van der Waals surface area contributed by atoms with Crippen LogP contribution in [0.25, 0.3) is 6.08 Å². The Morgan fingerprint density at radius 3 is 1.67 bits per heavy atom. The van der Waals surface area contributed by atoms with E-state index in [-0.39, 0.29) is 46.8 Å². The Hall–Kier alpha value is -4.86. The molecular formula is C26H27NO9. The first-order valence-electron chi connectivity index (χ1n) is 10.8. The lowest BCUT2D eigenvalue weighted by Gasteiger charge is -2.07. The van der Waals surface area contributed by atoms with Gasteiger partial charge in [-0.1, -0.05) is 18.2 Å². The smallest absolute Gasteiger partial charge is 0.328 e. The van der Waals surface area contributed by atoms with E-state index in [1.165, 1.54) is 48.5 Å². The highest BCUT2D eigenvalue weighted by Gasteiger charge is 2.06. The summed E-state index contributed by atoms with van der Waals surface area (Å²) in [6, 6.07) is 13.1. The number of carboxylic acid groups (broad SMARTS) is 1. The topological polar surface area (TPSA) is 188 Å². The van der Waals surface area contributed by atoms with E-state index >= 15 is 0 Å². The third-order valence-corrected chi connectivity index (χ3v) is 4.87. The number of benzene rings is 3. The maximum absolute atomic E-state index is 11.8. The number of carbonyl (C=O) groups is 2. The Morgan fingerprint density at radius 2 is 1.17 bits per heavy atom. The number of aliphatic carboxylic acids is 1. The fraction of sp³-hybridized carbons (Fsp3) is 0.154. The van der Waals surface area contributed by atoms with Crippen molar-refractivity contribution in [3.63, 3.8) is 0 Å². The minimum absolute atomic E-state index is 0.124. The fourth-order valence-electron chi connectivity index (χ4n) is 2.95. The number of hydrogen-bond acceptors (Lipinski definition) is 8. The molecule has 3 aromatic carbocycles. The summed E-state index contributed by atoms with van der Waals surface area (Å²) in [5.41, 5.74) is 2.08. The molecule has 0 atom stereocenters. The summed E-state index contributed by atoms with van der Waals surface area (Å²) in [5, 5.41) is 66.2. The summed E-state index contributed by atoms with van der Waals surface area (Å²) in [4.78, 5) is 21.9. The molecule has 0 bridgehead atoms. The maximum atomic E-state index is 11.8. The lowest BCUT2D eigenvalue weighted by molar-refractivity contribution is -0.131. The van der Waals surface area contributed by atoms with Gasteiger partial charge >= 0.3 is 5.97 Å². The van der Waals surface area contributed by atoms with E-state index < -0.39 is 5.97 Å². The van der Waals surface area contributed by atoms with Gasteiger partial charge in [-0.2, -0.15) is 0 Å². The molecule has 0 fully saturated rings. The van der Waals surface area contributed by atoms with Crippen LogP contribution < -0.4 is 5.32 Å². The molecule has 0 heterocycles. The molecular weight excluding hydrogens is 470 g/mol. The van der Waals surface area contributed by atoms with Crippen LogP contribution >= 0.6 is 0 Å². The van der Waals surface area contributed by atoms with Gasteiger partial charge in [0.2, 0.25) is 5.91 Å². The zero-order valence-electron chi connectivity index (χ0n) is 19.1. The van der Waals surface area contributed by atoms with E-state index in [4.69, 9.17) is 15.3 Å². The lowest BCUT2D eigenvalue weighted by Crippen LogP contribution is -2.25. The molecule has 3 aromatic rings. The Labute approximate surface area is 206 Å². The number of amides is 1. The highest BCUT2D eigenvalue weighted by molar-refractivity contribution is 5.85. The van der Waals surface area contributed by atoms with E-state index in [2.05, 4.69) is 5.32 Å². The van der Waals surface area contributed by atoms with E-state index in [1.807, 2.05) is 0 Å². The lowest BCUT2D eigenvalue weighted by atomic mass is 10.1. The van der Waals surface area contributed by atoms with Crippen LogP contribution in [0.3, 0.4) is 0 Å². The molecule has 0 aliphatic rings. The SMILES string of the molecule is O=C(CCc1ccc(O)c(O)c1)NCCc1ccc(O)c(O)c1.O=C(O)C=Cc1ccc(O)c(O)c1. The molecule has 190 valence electrons. The standard InChI is InChI=1S/C17H19NO5.C9H8O4/c19-13-4-1-11(9-15(13)21)3-6-17(23)18-8-7-12-2-5-14(20)16(22)10-12;10-7-3-1-6(5-8(7)11)2-4-9(12)13/h1-2,4-5,9-10,19-22H,3,6-8H2,(H,18,23);1-5,10-11H,(H,12,13). The summed E-state index contributed by atoms with van der Waals surface area (Å²) in [7, 11) is 0. The molecule has 3 rings (SSSR count). The summed E-state index contributed by atoms with van der Waals surface area (Å²) in [6.07, 6.45) is 3.54. The van der Waals surface area contributed by atoms with Crippen LogP contribution in [0.4, 0.5) is 0 Å². The molecule has 10 nitrogen and oxygen atoms in total. The van der Waals surface area contributed by atoms with Gasteiger partial charge in [-0.05, 0) is 72.0 Å². The molecule has 36 heavy (non-hydrogen) atoms. The number of nitrogens with one attached hydrogen (secondary N) is 1. The van der Waals surface area contributed by atoms with Gasteiger partial charge in [-0.3, -0.25) is 4.79 Å². The third-order valence-electron chi connectivity index (χ3n) is 4.87. The normalized spacial score (nSPS) is 10.4. The second-order valence-corrected chi connectivity index (χ2v) is 7.67. The van der Waals surface area contributed by atoms with Gasteiger partial charge in [-0.15, -0.1) is 0 Å². The number of aryl methyl sites for hydroxylation is 1. The molecule has 0 aliphatic heterocycles. The van der Waals surface area contributed by atoms with E-state index in [1.54, 1.807) is 12.1 Å². The third kappa shape index (κ3) is 9.18. The Balaban J connectivity index is 0.000000297. The van der Waals surface area contributed by atoms with Gasteiger partial charge in [0.15, 0.2) is 34.5 Å². The van der Waals surface area contributed by atoms with Gasteiger partial charge in [0, 0.05) is 19.0 Å². The Morgan fingerprint density at radius 1 is 0.667 bits per heavy atom. The molecule has 0 aromatic heterocycles. The van der Waals surface area contributed by atoms with Gasteiger partial charge in [-0.25, -0.2) is 4.79 Å². The second-order valence-electron chi connectivity index (χ2n) is 7.67. The van der Waals surface area contributed by atoms with E-state index in [0.29, 0.717) is 24.9 Å². The van der Waals surface area contributed by atoms with Crippen LogP contribution in [-0.4, -0.2) is 54.2 Å². The predicted molar refractivity (Wildman–Crippen MR) is 131 cm³/mol. The quantitative estimate of drug-likeness (QED) is 0.171. The van der Waals surface area contributed by atoms with Crippen molar-refractivity contribution in [3.05, 3.63) is 77.4 Å². The van der Waals surface area contributed by atoms with Crippen LogP contribution in [0.15, 0.2) is 60.7 Å². The van der Waals surface area contributed by atoms with Crippen molar-refractivity contribution in [2.45, 2.75) is 19.3 Å². The molecule has 10 heteroatoms. The van der Waals surface area contributed by atoms with Crippen LogP contribution in [0.5, 0.6) is 34.5 Å². The van der Waals surface area contributed by atoms with Crippen molar-refractivity contribution in [2.24, 2.45) is 0 Å². The molecule has 0 saturated carbocycles. The number of hydrogen-bond donors (Lipinski definition) is 8. The van der Waals surface area contributed by atoms with Crippen molar-refractivity contribution < 1.29 is 45.3 Å². The Kier molecular flexibility index (Phi) is 9.99. The summed E-state index contributed by atoms with van der Waals surface area (Å²) in [5.74, 6) is -2.42. The molecule has 1 amide bonds. The van der Waals surface area contributed by atoms with Crippen LogP contribution in [0, 0.1) is 0 Å². The number of carbonyl (C=O) groups excluding carboxylic acids is 1. The number of phenolic OH excluding ortho intramolecular Hbond substituents is 6. The number of aromatic hydroxyl groups is 6. The molecule has 0 radical (unpaired) electrons. The van der Waals surface area contributed by atoms with Crippen molar-refractivity contribution >= 4 is 18.0 Å². The van der Waals surface area contributed by atoms with Crippen LogP contribution in [0.1, 0.15) is 23.1 Å². The maximum Gasteiger partial charge on any atom is 0.328 e. The monoisotopic (exact) mass is 497 g/mol. The molecule has 0 aliphatic carbocycles. The molecule has 0 saturated heterocycles. The van der Waals surface area contributed by atoms with Gasteiger partial charge in [0.05, 0.1) is 0 Å². The second kappa shape index (κ2) is 13.1. The fourth-order valence-corrected chi connectivity index (χ4v) is 2.95. The van der Waals surface area contributed by atoms with Crippen molar-refractivity contribution in [1.82, 2.24) is 5.32 Å². The van der Waals surface area contributed by atoms with Gasteiger partial charge in [0.1, 0.15) is 0 Å². The highest BCUT2D eigenvalue weighted by atomic mass is 16.4. The van der Waals surface area contributed by atoms with Gasteiger partial charge in [0.25, 0.3) is 0 Å². The largest absolute Gasteiger partial charge is 0.504 e. The zero-order chi connectivity index (χ0) is 26.7. The summed E-state index contributed by atoms with van der Waals surface area (Å²) < 4.78 is 0. The minimum Gasteiger partial charge on any atom is -0.504 e. The highest BCUT2D eigenvalue weighted by Crippen LogP contribution is 2.26. The first-order chi connectivity index (χ1) is 17.0. The first-order valence-corrected chi connectivity index (χ1v) is 10.8. The van der Waals surface area contributed by atoms with Crippen molar-refractivity contribution in [1.29, 1.82) is 0 Å². The summed E-state index contributed by atoms with van der Waals surface area (Å²) >= 11 is 0. The average Bonchev–Trinajstić information content (AvgIpc) is 2.83. The first kappa shape index (κ1) is 27.4. The number of carboxylic acids is 1. The molecule has 0 unspecified atom stereocenters. The van der Waals surface area contributed by atoms with Crippen molar-refractivity contribution in [3.8, 4) is 34.5 Å².